The number of hydrogen-bond donors (Lipinski definition) is 1. The summed E-state index contributed by atoms with van der Waals surface area (Å²) in [4.78, 5) is 16.7. The fourth-order valence-electron chi connectivity index (χ4n) is 3.63. The Hall–Kier alpha value is -0.610. The van der Waals surface area contributed by atoms with Crippen LogP contribution in [0, 0.1) is 5.92 Å². The second kappa shape index (κ2) is 7.99. The minimum Gasteiger partial charge on any atom is -0.344 e. The van der Waals surface area contributed by atoms with Crippen LogP contribution in [-0.4, -0.2) is 61.5 Å². The van der Waals surface area contributed by atoms with Crippen molar-refractivity contribution in [2.24, 2.45) is 5.92 Å². The maximum absolute atomic E-state index is 12.3. The van der Waals surface area contributed by atoms with Crippen molar-refractivity contribution in [2.75, 3.05) is 39.8 Å². The van der Waals surface area contributed by atoms with Gasteiger partial charge in [0.05, 0.1) is 0 Å². The summed E-state index contributed by atoms with van der Waals surface area (Å²) in [6.07, 6.45) is 6.83. The van der Waals surface area contributed by atoms with Gasteiger partial charge in [-0.05, 0) is 64.2 Å². The number of piperidine rings is 1. The van der Waals surface area contributed by atoms with E-state index in [1.54, 1.807) is 0 Å². The van der Waals surface area contributed by atoms with Crippen LogP contribution >= 0.6 is 0 Å². The predicted octanol–water partition coefficient (Wildman–Crippen LogP) is 1.71. The number of carbonyl (C=O) groups excluding carboxylic acids is 1. The molecular weight excluding hydrogens is 250 g/mol. The molecule has 2 heterocycles. The molecule has 0 aromatic heterocycles. The fraction of sp³-hybridized carbons (Fsp3) is 0.938. The molecule has 0 bridgehead atoms. The number of hydrogen-bond acceptors (Lipinski definition) is 3. The first-order chi connectivity index (χ1) is 9.70. The van der Waals surface area contributed by atoms with E-state index in [0.717, 1.165) is 44.9 Å². The number of amides is 1. The van der Waals surface area contributed by atoms with Gasteiger partial charge in [-0.2, -0.15) is 0 Å². The smallest absolute Gasteiger partial charge is 0.222 e. The van der Waals surface area contributed by atoms with E-state index < -0.39 is 0 Å². The van der Waals surface area contributed by atoms with Crippen LogP contribution < -0.4 is 5.32 Å². The minimum atomic E-state index is 0.339. The molecule has 0 aromatic rings. The van der Waals surface area contributed by atoms with Crippen molar-refractivity contribution in [1.82, 2.24) is 15.1 Å². The van der Waals surface area contributed by atoms with Crippen LogP contribution in [0.15, 0.2) is 0 Å². The summed E-state index contributed by atoms with van der Waals surface area (Å²) in [6, 6.07) is 0.591. The Morgan fingerprint density at radius 3 is 2.75 bits per heavy atom. The second-order valence-electron chi connectivity index (χ2n) is 6.43. The highest BCUT2D eigenvalue weighted by Crippen LogP contribution is 2.20. The zero-order chi connectivity index (χ0) is 14.4. The molecule has 4 nitrogen and oxygen atoms in total. The predicted molar refractivity (Wildman–Crippen MR) is 82.7 cm³/mol. The topological polar surface area (TPSA) is 35.6 Å². The van der Waals surface area contributed by atoms with Crippen LogP contribution in [0.4, 0.5) is 0 Å². The first-order valence-corrected chi connectivity index (χ1v) is 8.39. The number of likely N-dealkylation sites (tertiary alicyclic amines) is 1. The Morgan fingerprint density at radius 1 is 1.30 bits per heavy atom. The quantitative estimate of drug-likeness (QED) is 0.805. The van der Waals surface area contributed by atoms with Crippen LogP contribution in [0.2, 0.25) is 0 Å². The maximum atomic E-state index is 12.3. The van der Waals surface area contributed by atoms with Crippen molar-refractivity contribution in [3.8, 4) is 0 Å². The van der Waals surface area contributed by atoms with Crippen molar-refractivity contribution >= 4 is 5.91 Å². The zero-order valence-corrected chi connectivity index (χ0v) is 13.2. The van der Waals surface area contributed by atoms with Gasteiger partial charge >= 0.3 is 0 Å². The van der Waals surface area contributed by atoms with Gasteiger partial charge in [0.1, 0.15) is 0 Å². The first kappa shape index (κ1) is 15.8. The second-order valence-corrected chi connectivity index (χ2v) is 6.43. The SMILES string of the molecule is CCN1CCCC1CN(C)C(=O)CCC1CCNCC1. The number of nitrogens with zero attached hydrogens (tertiary/aromatic N) is 2. The highest BCUT2D eigenvalue weighted by Gasteiger charge is 2.25. The summed E-state index contributed by atoms with van der Waals surface area (Å²) in [6.45, 7) is 7.71. The Balaban J connectivity index is 1.68. The molecule has 0 saturated carbocycles. The molecule has 1 N–H and O–H groups in total. The van der Waals surface area contributed by atoms with Crippen molar-refractivity contribution in [3.63, 3.8) is 0 Å². The Bertz CT molecular complexity index is 302. The third-order valence-electron chi connectivity index (χ3n) is 5.04. The molecule has 2 aliphatic heterocycles. The van der Waals surface area contributed by atoms with Gasteiger partial charge in [-0.1, -0.05) is 6.92 Å². The molecule has 1 unspecified atom stereocenters. The van der Waals surface area contributed by atoms with E-state index >= 15 is 0 Å². The largest absolute Gasteiger partial charge is 0.344 e. The van der Waals surface area contributed by atoms with Crippen molar-refractivity contribution < 1.29 is 4.79 Å². The van der Waals surface area contributed by atoms with Gasteiger partial charge in [-0.25, -0.2) is 0 Å². The van der Waals surface area contributed by atoms with Gasteiger partial charge < -0.3 is 10.2 Å². The highest BCUT2D eigenvalue weighted by molar-refractivity contribution is 5.75. The molecule has 4 heteroatoms. The van der Waals surface area contributed by atoms with Crippen LogP contribution in [0.1, 0.15) is 45.4 Å². The van der Waals surface area contributed by atoms with E-state index in [-0.39, 0.29) is 0 Å². The molecule has 0 aromatic carbocycles. The standard InChI is InChI=1S/C16H31N3O/c1-3-19-12-4-5-15(19)13-18(2)16(20)7-6-14-8-10-17-11-9-14/h14-15,17H,3-13H2,1-2H3. The fourth-order valence-corrected chi connectivity index (χ4v) is 3.63. The summed E-state index contributed by atoms with van der Waals surface area (Å²) in [5, 5.41) is 3.38. The minimum absolute atomic E-state index is 0.339. The lowest BCUT2D eigenvalue weighted by Crippen LogP contribution is -2.41. The molecule has 20 heavy (non-hydrogen) atoms. The molecule has 2 fully saturated rings. The average molecular weight is 281 g/mol. The Morgan fingerprint density at radius 2 is 2.05 bits per heavy atom. The third kappa shape index (κ3) is 4.45. The normalized spacial score (nSPS) is 25.0. The van der Waals surface area contributed by atoms with Crippen molar-refractivity contribution in [3.05, 3.63) is 0 Å². The van der Waals surface area contributed by atoms with Gasteiger partial charge in [0.2, 0.25) is 5.91 Å². The third-order valence-corrected chi connectivity index (χ3v) is 5.04. The Kier molecular flexibility index (Phi) is 6.30. The molecule has 0 spiro atoms. The molecule has 2 rings (SSSR count). The number of carbonyl (C=O) groups is 1. The van der Waals surface area contributed by atoms with Crippen molar-refractivity contribution in [2.45, 2.75) is 51.5 Å². The Labute approximate surface area is 123 Å². The van der Waals surface area contributed by atoms with Crippen LogP contribution in [0.3, 0.4) is 0 Å². The summed E-state index contributed by atoms with van der Waals surface area (Å²) in [5.41, 5.74) is 0. The molecule has 2 saturated heterocycles. The van der Waals surface area contributed by atoms with Gasteiger partial charge in [-0.15, -0.1) is 0 Å². The van der Waals surface area contributed by atoms with E-state index in [1.165, 1.54) is 32.2 Å². The first-order valence-electron chi connectivity index (χ1n) is 8.39. The van der Waals surface area contributed by atoms with E-state index in [1.807, 2.05) is 11.9 Å². The average Bonchev–Trinajstić information content (AvgIpc) is 2.93. The van der Waals surface area contributed by atoms with Gasteiger partial charge in [-0.3, -0.25) is 9.69 Å². The molecule has 1 amide bonds. The van der Waals surface area contributed by atoms with Gasteiger partial charge in [0.25, 0.3) is 0 Å². The van der Waals surface area contributed by atoms with E-state index in [9.17, 15) is 4.79 Å². The van der Waals surface area contributed by atoms with Crippen LogP contribution in [0.25, 0.3) is 0 Å². The van der Waals surface area contributed by atoms with E-state index in [2.05, 4.69) is 17.1 Å². The summed E-state index contributed by atoms with van der Waals surface area (Å²) >= 11 is 0. The molecular formula is C16H31N3O. The van der Waals surface area contributed by atoms with Crippen LogP contribution in [-0.2, 0) is 4.79 Å². The number of nitrogens with one attached hydrogen (secondary N) is 1. The van der Waals surface area contributed by atoms with E-state index in [4.69, 9.17) is 0 Å². The highest BCUT2D eigenvalue weighted by atomic mass is 16.2. The van der Waals surface area contributed by atoms with Gasteiger partial charge in [0, 0.05) is 26.1 Å². The van der Waals surface area contributed by atoms with Gasteiger partial charge in [0.15, 0.2) is 0 Å². The number of likely N-dealkylation sites (N-methyl/N-ethyl adjacent to an activating group) is 2. The lowest BCUT2D eigenvalue weighted by molar-refractivity contribution is -0.130. The summed E-state index contributed by atoms with van der Waals surface area (Å²) in [7, 11) is 1.98. The lowest BCUT2D eigenvalue weighted by atomic mass is 9.93. The molecule has 1 atom stereocenters. The lowest BCUT2D eigenvalue weighted by Gasteiger charge is -2.28. The molecule has 116 valence electrons. The molecule has 0 aliphatic carbocycles. The maximum Gasteiger partial charge on any atom is 0.222 e. The van der Waals surface area contributed by atoms with E-state index in [0.29, 0.717) is 11.9 Å². The molecule has 2 aliphatic rings. The summed E-state index contributed by atoms with van der Waals surface area (Å²) < 4.78 is 0. The zero-order valence-electron chi connectivity index (χ0n) is 13.2. The van der Waals surface area contributed by atoms with Crippen LogP contribution in [0.5, 0.6) is 0 Å². The van der Waals surface area contributed by atoms with Crippen molar-refractivity contribution in [1.29, 1.82) is 0 Å². The molecule has 0 radical (unpaired) electrons. The number of rotatable bonds is 6. The monoisotopic (exact) mass is 281 g/mol. The summed E-state index contributed by atoms with van der Waals surface area (Å²) in [5.74, 6) is 1.10.